The summed E-state index contributed by atoms with van der Waals surface area (Å²) in [7, 11) is -3.67. The van der Waals surface area contributed by atoms with E-state index in [1.54, 1.807) is 30.3 Å². The van der Waals surface area contributed by atoms with E-state index in [-0.39, 0.29) is 11.5 Å². The van der Waals surface area contributed by atoms with Gasteiger partial charge in [-0.3, -0.25) is 0 Å². The van der Waals surface area contributed by atoms with Crippen molar-refractivity contribution in [3.8, 4) is 17.2 Å². The molecule has 0 unspecified atom stereocenters. The van der Waals surface area contributed by atoms with E-state index < -0.39 is 10.1 Å². The number of aromatic nitrogens is 2. The van der Waals surface area contributed by atoms with Gasteiger partial charge in [-0.1, -0.05) is 47.7 Å². The Bertz CT molecular complexity index is 940. The second-order valence-electron chi connectivity index (χ2n) is 5.25. The van der Waals surface area contributed by atoms with Gasteiger partial charge in [-0.15, -0.1) is 10.2 Å². The topological polar surface area (TPSA) is 82.3 Å². The van der Waals surface area contributed by atoms with E-state index in [2.05, 4.69) is 10.2 Å². The lowest BCUT2D eigenvalue weighted by molar-refractivity contribution is 0.466. The van der Waals surface area contributed by atoms with Gasteiger partial charge in [0.1, 0.15) is 5.75 Å². The highest BCUT2D eigenvalue weighted by molar-refractivity contribution is 8.00. The van der Waals surface area contributed by atoms with Crippen LogP contribution in [0, 0.1) is 6.92 Å². The van der Waals surface area contributed by atoms with E-state index in [1.807, 2.05) is 31.2 Å². The highest BCUT2D eigenvalue weighted by atomic mass is 32.2. The molecule has 2 aromatic carbocycles. The molecule has 0 spiro atoms. The molecule has 0 atom stereocenters. The Morgan fingerprint density at radius 1 is 1.08 bits per heavy atom. The molecule has 1 heterocycles. The number of thioether (sulfide) groups is 1. The zero-order valence-electron chi connectivity index (χ0n) is 13.5. The van der Waals surface area contributed by atoms with Gasteiger partial charge in [0.05, 0.1) is 5.75 Å². The van der Waals surface area contributed by atoms with E-state index >= 15 is 0 Å². The van der Waals surface area contributed by atoms with Gasteiger partial charge in [0.2, 0.25) is 5.89 Å². The van der Waals surface area contributed by atoms with E-state index in [0.29, 0.717) is 16.9 Å². The van der Waals surface area contributed by atoms with Crippen molar-refractivity contribution in [2.45, 2.75) is 12.1 Å². The molecule has 1 aromatic heterocycles. The molecule has 8 heteroatoms. The summed E-state index contributed by atoms with van der Waals surface area (Å²) in [6.07, 6.45) is 0. The molecule has 0 saturated carbocycles. The average molecular weight is 376 g/mol. The first-order valence-electron chi connectivity index (χ1n) is 7.52. The van der Waals surface area contributed by atoms with Crippen LogP contribution in [-0.4, -0.2) is 30.1 Å². The molecule has 0 aliphatic rings. The Hall–Kier alpha value is -2.32. The van der Waals surface area contributed by atoms with Crippen molar-refractivity contribution >= 4 is 21.9 Å². The smallest absolute Gasteiger partial charge is 0.310 e. The SMILES string of the molecule is Cc1cccc(-c2nnc(SCCS(=O)(=O)Oc3ccccc3)o2)c1. The fraction of sp³-hybridized carbons (Fsp3) is 0.176. The molecule has 0 amide bonds. The lowest BCUT2D eigenvalue weighted by Gasteiger charge is -2.05. The van der Waals surface area contributed by atoms with Gasteiger partial charge in [0, 0.05) is 11.3 Å². The number of rotatable bonds is 7. The maximum atomic E-state index is 12.0. The molecule has 0 aliphatic heterocycles. The third kappa shape index (κ3) is 5.07. The van der Waals surface area contributed by atoms with Crippen LogP contribution in [0.4, 0.5) is 0 Å². The predicted octanol–water partition coefficient (Wildman–Crippen LogP) is 3.55. The summed E-state index contributed by atoms with van der Waals surface area (Å²) < 4.78 is 34.5. The monoisotopic (exact) mass is 376 g/mol. The second-order valence-corrected chi connectivity index (χ2v) is 7.99. The third-order valence-electron chi connectivity index (χ3n) is 3.20. The van der Waals surface area contributed by atoms with Crippen molar-refractivity contribution in [1.29, 1.82) is 0 Å². The molecule has 130 valence electrons. The van der Waals surface area contributed by atoms with Crippen LogP contribution in [0.2, 0.25) is 0 Å². The van der Waals surface area contributed by atoms with Crippen LogP contribution < -0.4 is 4.18 Å². The number of nitrogens with zero attached hydrogens (tertiary/aromatic N) is 2. The van der Waals surface area contributed by atoms with E-state index in [9.17, 15) is 8.42 Å². The van der Waals surface area contributed by atoms with Gasteiger partial charge < -0.3 is 8.60 Å². The Balaban J connectivity index is 1.56. The first kappa shape index (κ1) is 17.5. The Labute approximate surface area is 150 Å². The second kappa shape index (κ2) is 7.71. The van der Waals surface area contributed by atoms with Gasteiger partial charge in [0.25, 0.3) is 5.22 Å². The minimum atomic E-state index is -3.67. The summed E-state index contributed by atoms with van der Waals surface area (Å²) in [5.41, 5.74) is 1.92. The number of benzene rings is 2. The Kier molecular flexibility index (Phi) is 5.40. The highest BCUT2D eigenvalue weighted by Crippen LogP contribution is 2.24. The van der Waals surface area contributed by atoms with E-state index in [4.69, 9.17) is 8.60 Å². The maximum Gasteiger partial charge on any atom is 0.310 e. The number of para-hydroxylation sites is 1. The van der Waals surface area contributed by atoms with E-state index in [0.717, 1.165) is 11.1 Å². The molecule has 0 bridgehead atoms. The van der Waals surface area contributed by atoms with Gasteiger partial charge in [-0.2, -0.15) is 8.42 Å². The molecule has 0 radical (unpaired) electrons. The van der Waals surface area contributed by atoms with Gasteiger partial charge in [-0.25, -0.2) is 0 Å². The minimum absolute atomic E-state index is 0.158. The molecule has 0 fully saturated rings. The molecule has 3 rings (SSSR count). The predicted molar refractivity (Wildman–Crippen MR) is 96.1 cm³/mol. The summed E-state index contributed by atoms with van der Waals surface area (Å²) in [5, 5.41) is 8.25. The molecular formula is C17H16N2O4S2. The highest BCUT2D eigenvalue weighted by Gasteiger charge is 2.15. The Morgan fingerprint density at radius 3 is 2.64 bits per heavy atom. The standard InChI is InChI=1S/C17H16N2O4S2/c1-13-6-5-7-14(12-13)16-18-19-17(22-16)24-10-11-25(20,21)23-15-8-3-2-4-9-15/h2-9,12H,10-11H2,1H3. The van der Waals surface area contributed by atoms with Crippen LogP contribution in [0.3, 0.4) is 0 Å². The van der Waals surface area contributed by atoms with Gasteiger partial charge in [-0.05, 0) is 31.2 Å². The van der Waals surface area contributed by atoms with Gasteiger partial charge >= 0.3 is 10.1 Å². The van der Waals surface area contributed by atoms with Crippen LogP contribution in [0.15, 0.2) is 64.2 Å². The Morgan fingerprint density at radius 2 is 1.88 bits per heavy atom. The molecule has 0 saturated heterocycles. The zero-order valence-corrected chi connectivity index (χ0v) is 15.1. The van der Waals surface area contributed by atoms with Crippen LogP contribution >= 0.6 is 11.8 Å². The average Bonchev–Trinajstić information content (AvgIpc) is 3.04. The molecule has 0 N–H and O–H groups in total. The van der Waals surface area contributed by atoms with E-state index in [1.165, 1.54) is 11.8 Å². The molecule has 0 aliphatic carbocycles. The lowest BCUT2D eigenvalue weighted by Crippen LogP contribution is -2.15. The number of aryl methyl sites for hydroxylation is 1. The van der Waals surface area contributed by atoms with Crippen molar-refractivity contribution in [3.63, 3.8) is 0 Å². The van der Waals surface area contributed by atoms with Crippen LogP contribution in [-0.2, 0) is 10.1 Å². The molecule has 25 heavy (non-hydrogen) atoms. The normalized spacial score (nSPS) is 11.4. The van der Waals surface area contributed by atoms with Crippen LogP contribution in [0.5, 0.6) is 5.75 Å². The van der Waals surface area contributed by atoms with Crippen LogP contribution in [0.1, 0.15) is 5.56 Å². The number of hydrogen-bond donors (Lipinski definition) is 0. The van der Waals surface area contributed by atoms with Crippen molar-refractivity contribution < 1.29 is 17.0 Å². The van der Waals surface area contributed by atoms with Crippen molar-refractivity contribution in [1.82, 2.24) is 10.2 Å². The quantitative estimate of drug-likeness (QED) is 0.461. The fourth-order valence-corrected chi connectivity index (χ4v) is 4.11. The third-order valence-corrected chi connectivity index (χ3v) is 5.43. The zero-order chi connectivity index (χ0) is 17.7. The number of hydrogen-bond acceptors (Lipinski definition) is 7. The minimum Gasteiger partial charge on any atom is -0.411 e. The summed E-state index contributed by atoms with van der Waals surface area (Å²) in [6.45, 7) is 1.98. The first-order valence-corrected chi connectivity index (χ1v) is 10.1. The molecule has 3 aromatic rings. The van der Waals surface area contributed by atoms with Crippen molar-refractivity contribution in [2.24, 2.45) is 0 Å². The fourth-order valence-electron chi connectivity index (χ4n) is 2.06. The van der Waals surface area contributed by atoms with Gasteiger partial charge in [0.15, 0.2) is 0 Å². The summed E-state index contributed by atoms with van der Waals surface area (Å²) >= 11 is 1.18. The molecule has 6 nitrogen and oxygen atoms in total. The van der Waals surface area contributed by atoms with Crippen molar-refractivity contribution in [3.05, 3.63) is 60.2 Å². The summed E-state index contributed by atoms with van der Waals surface area (Å²) in [5.74, 6) is 0.806. The summed E-state index contributed by atoms with van der Waals surface area (Å²) in [6, 6.07) is 16.1. The lowest BCUT2D eigenvalue weighted by atomic mass is 10.1. The molecular weight excluding hydrogens is 360 g/mol. The maximum absolute atomic E-state index is 12.0. The largest absolute Gasteiger partial charge is 0.411 e. The van der Waals surface area contributed by atoms with Crippen molar-refractivity contribution in [2.75, 3.05) is 11.5 Å². The summed E-state index contributed by atoms with van der Waals surface area (Å²) in [4.78, 5) is 0. The van der Waals surface area contributed by atoms with Crippen LogP contribution in [0.25, 0.3) is 11.5 Å². The first-order chi connectivity index (χ1) is 12.0.